The van der Waals surface area contributed by atoms with Gasteiger partial charge in [0, 0.05) is 0 Å². The van der Waals surface area contributed by atoms with E-state index in [0.717, 1.165) is 6.42 Å². The Morgan fingerprint density at radius 1 is 0.538 bits per heavy atom. The van der Waals surface area contributed by atoms with E-state index in [0.29, 0.717) is 11.8 Å². The van der Waals surface area contributed by atoms with Gasteiger partial charge in [-0.1, -0.05) is 143 Å². The second-order valence-electron chi connectivity index (χ2n) is 13.5. The zero-order valence-electron chi connectivity index (χ0n) is 31.5. The summed E-state index contributed by atoms with van der Waals surface area (Å²) in [6.07, 6.45) is 1.14. The third kappa shape index (κ3) is 9.45. The molecule has 52 heavy (non-hydrogen) atoms. The summed E-state index contributed by atoms with van der Waals surface area (Å²) in [5.74, 6) is 1.25. The molecule has 0 bridgehead atoms. The second kappa shape index (κ2) is 20.3. The van der Waals surface area contributed by atoms with Gasteiger partial charge in [-0.2, -0.15) is 12.1 Å². The fourth-order valence-corrected chi connectivity index (χ4v) is 7.08. The molecule has 8 aromatic carbocycles. The van der Waals surface area contributed by atoms with Crippen LogP contribution in [0.25, 0.3) is 65.3 Å². The Bertz CT molecular complexity index is 2330. The van der Waals surface area contributed by atoms with E-state index in [1.807, 2.05) is 0 Å². The van der Waals surface area contributed by atoms with Crippen molar-refractivity contribution in [2.45, 2.75) is 47.0 Å². The maximum absolute atomic E-state index is 3.06. The molecule has 0 N–H and O–H groups in total. The van der Waals surface area contributed by atoms with E-state index >= 15 is 0 Å². The van der Waals surface area contributed by atoms with Gasteiger partial charge in [-0.25, -0.2) is 0 Å². The molecule has 268 valence electrons. The molecule has 0 atom stereocenters. The molecule has 0 unspecified atom stereocenters. The molecule has 0 aliphatic heterocycles. The van der Waals surface area contributed by atoms with Crippen LogP contribution in [0.15, 0.2) is 140 Å². The van der Waals surface area contributed by atoms with Crippen LogP contribution in [0, 0.1) is 27.7 Å². The van der Waals surface area contributed by atoms with E-state index in [2.05, 4.69) is 181 Å². The van der Waals surface area contributed by atoms with Crippen LogP contribution >= 0.6 is 24.8 Å². The van der Waals surface area contributed by atoms with Crippen LogP contribution in [0.5, 0.6) is 0 Å². The van der Waals surface area contributed by atoms with Gasteiger partial charge in [0.25, 0.3) is 0 Å². The van der Waals surface area contributed by atoms with Gasteiger partial charge in [0.15, 0.2) is 0 Å². The van der Waals surface area contributed by atoms with E-state index in [1.165, 1.54) is 105 Å². The molecule has 0 spiro atoms. The van der Waals surface area contributed by atoms with Crippen molar-refractivity contribution in [3.63, 3.8) is 0 Å². The Morgan fingerprint density at radius 3 is 1.56 bits per heavy atom. The normalized spacial score (nSPS) is 10.3. The minimum absolute atomic E-state index is 0. The molecule has 0 aromatic heterocycles. The van der Waals surface area contributed by atoms with Gasteiger partial charge < -0.3 is 14.9 Å². The number of hydrogen-bond donors (Lipinski definition) is 0. The summed E-state index contributed by atoms with van der Waals surface area (Å²) in [7, 11) is 0. The summed E-state index contributed by atoms with van der Waals surface area (Å²) in [5.41, 5.74) is 9.58. The molecule has 8 rings (SSSR count). The summed E-state index contributed by atoms with van der Waals surface area (Å²) >= 11 is 1.36. The monoisotopic (exact) mass is 814 g/mol. The third-order valence-electron chi connectivity index (χ3n) is 9.41. The average molecular weight is 817 g/mol. The van der Waals surface area contributed by atoms with Crippen molar-refractivity contribution >= 4 is 74.8 Å². The Labute approximate surface area is 341 Å². The summed E-state index contributed by atoms with van der Waals surface area (Å²) in [5, 5.41) is 10.8. The molecule has 2 radical (unpaired) electrons. The first kappa shape index (κ1) is 44.9. The predicted molar refractivity (Wildman–Crippen MR) is 235 cm³/mol. The van der Waals surface area contributed by atoms with Crippen LogP contribution in [0.2, 0.25) is 0 Å². The van der Waals surface area contributed by atoms with Crippen molar-refractivity contribution in [3.8, 4) is 22.3 Å². The standard InChI is InChI=1S/C24H23.C22H19.2CH3.2ClH.Si.Zr/c1-16(2)13-18-14-23-17(3)11-12-22(24(23)15-18)21-10-6-8-19-7-4-5-9-20(19)21;1-15(2)18-13-17-9-6-12-21(22(17)14-18)20-11-5-8-16-7-3-4-10-19(16)20;;;;;;/h4-12,14-16H,13H2,1-3H3;3-15H,1-2H3;2*1H3;2*1H;;/q4*-1;;;;. The number of aryl methyl sites for hydroxylation is 1. The van der Waals surface area contributed by atoms with E-state index < -0.39 is 0 Å². The second-order valence-corrected chi connectivity index (χ2v) is 13.5. The van der Waals surface area contributed by atoms with Crippen LogP contribution in [-0.2, 0) is 29.8 Å². The molecular formula is C48H50Cl2SiZr-4. The Morgan fingerprint density at radius 2 is 1.02 bits per heavy atom. The summed E-state index contributed by atoms with van der Waals surface area (Å²) in [4.78, 5) is 0. The van der Waals surface area contributed by atoms with Crippen molar-refractivity contribution in [1.29, 1.82) is 0 Å². The van der Waals surface area contributed by atoms with Gasteiger partial charge >= 0.3 is 30.2 Å². The molecule has 0 amide bonds. The van der Waals surface area contributed by atoms with Gasteiger partial charge in [-0.3, -0.25) is 0 Å². The topological polar surface area (TPSA) is 0 Å². The third-order valence-corrected chi connectivity index (χ3v) is 9.41. The summed E-state index contributed by atoms with van der Waals surface area (Å²) < 4.78 is 0. The summed E-state index contributed by atoms with van der Waals surface area (Å²) in [6.45, 7) is 14.4. The molecule has 4 heteroatoms. The van der Waals surface area contributed by atoms with Crippen LogP contribution < -0.4 is 0 Å². The molecule has 0 heterocycles. The molecule has 0 nitrogen and oxygen atoms in total. The molecule has 0 saturated heterocycles. The zero-order valence-corrected chi connectivity index (χ0v) is 36.5. The number of hydrogen-bond acceptors (Lipinski definition) is 0. The molecule has 8 aromatic rings. The van der Waals surface area contributed by atoms with Gasteiger partial charge in [0.2, 0.25) is 0 Å². The van der Waals surface area contributed by atoms with Crippen LogP contribution in [0.4, 0.5) is 0 Å². The predicted octanol–water partition coefficient (Wildman–Crippen LogP) is 14.7. The molecule has 0 aliphatic carbocycles. The molecular weight excluding hydrogens is 767 g/mol. The maximum atomic E-state index is 3.06. The fraction of sp³-hybridized carbons (Fsp3) is 0.167. The van der Waals surface area contributed by atoms with Gasteiger partial charge in [0.05, 0.1) is 0 Å². The van der Waals surface area contributed by atoms with Crippen molar-refractivity contribution in [2.24, 2.45) is 5.92 Å². The summed E-state index contributed by atoms with van der Waals surface area (Å²) in [6, 6.07) is 51.1. The SMILES string of the molecule is CC(C)c1cc2c(-c3cccc4ccccc34)cccc2[cH-]1.Cc1ccc(-c2cccc3ccccc23)c2cc(CC(C)C)[cH-]c12.Cl.Cl.[CH3-].[CH3-].[Si]=[Zr]. The van der Waals surface area contributed by atoms with Crippen molar-refractivity contribution in [1.82, 2.24) is 0 Å². The number of fused-ring (bicyclic) bond motifs is 4. The molecule has 0 aliphatic rings. The molecule has 0 fully saturated rings. The van der Waals surface area contributed by atoms with Gasteiger partial charge in [-0.05, 0) is 50.9 Å². The van der Waals surface area contributed by atoms with E-state index in [-0.39, 0.29) is 39.7 Å². The van der Waals surface area contributed by atoms with E-state index in [4.69, 9.17) is 0 Å². The number of rotatable bonds is 5. The van der Waals surface area contributed by atoms with Crippen LogP contribution in [-0.4, -0.2) is 6.88 Å². The van der Waals surface area contributed by atoms with Crippen molar-refractivity contribution in [3.05, 3.63) is 171 Å². The van der Waals surface area contributed by atoms with Gasteiger partial charge in [-0.15, -0.1) is 93.4 Å². The number of halogens is 2. The average Bonchev–Trinajstić information content (AvgIpc) is 3.75. The van der Waals surface area contributed by atoms with Gasteiger partial charge in [0.1, 0.15) is 0 Å². The Kier molecular flexibility index (Phi) is 17.5. The quantitative estimate of drug-likeness (QED) is 0.120. The minimum atomic E-state index is 0. The van der Waals surface area contributed by atoms with Crippen molar-refractivity contribution in [2.75, 3.05) is 0 Å². The molecule has 0 saturated carbocycles. The Balaban J connectivity index is 0.000000321. The first-order valence-electron chi connectivity index (χ1n) is 17.0. The first-order valence-corrected chi connectivity index (χ1v) is 21.2. The fourth-order valence-electron chi connectivity index (χ4n) is 7.08. The first-order chi connectivity index (χ1) is 23.4. The van der Waals surface area contributed by atoms with E-state index in [1.54, 1.807) is 0 Å². The Hall–Kier alpha value is -3.26. The van der Waals surface area contributed by atoms with Crippen LogP contribution in [0.3, 0.4) is 0 Å². The van der Waals surface area contributed by atoms with Crippen molar-refractivity contribution < 1.29 is 23.3 Å². The number of benzene rings is 6. The van der Waals surface area contributed by atoms with Crippen LogP contribution in [0.1, 0.15) is 50.3 Å². The zero-order chi connectivity index (χ0) is 33.8. The van der Waals surface area contributed by atoms with E-state index in [9.17, 15) is 0 Å².